The molecule has 0 heterocycles. The quantitative estimate of drug-likeness (QED) is 0.601. The Balaban J connectivity index is -0.000000626. The summed E-state index contributed by atoms with van der Waals surface area (Å²) in [6.45, 7) is 16.2. The van der Waals surface area contributed by atoms with E-state index in [-0.39, 0.29) is 17.4 Å². The molecule has 0 aliphatic rings. The van der Waals surface area contributed by atoms with Crippen LogP contribution in [-0.4, -0.2) is 14.2 Å². The smallest absolute Gasteiger partial charge is 0 e. The van der Waals surface area contributed by atoms with E-state index in [1.807, 2.05) is 24.3 Å². The van der Waals surface area contributed by atoms with Crippen molar-refractivity contribution < 1.29 is 40.8 Å². The summed E-state index contributed by atoms with van der Waals surface area (Å²) in [5.74, 6) is 0.888. The molecular formula is C19H18CrO5. The van der Waals surface area contributed by atoms with E-state index in [0.29, 0.717) is 6.61 Å². The zero-order valence-corrected chi connectivity index (χ0v) is 15.5. The molecular weight excluding hydrogens is 360 g/mol. The molecule has 0 spiro atoms. The van der Waals surface area contributed by atoms with Crippen LogP contribution in [0.3, 0.4) is 0 Å². The maximum Gasteiger partial charge on any atom is 0 e. The summed E-state index contributed by atoms with van der Waals surface area (Å²) in [7, 11) is 3.41. The Morgan fingerprint density at radius 1 is 0.840 bits per heavy atom. The largest absolute Gasteiger partial charge is 0 e. The fourth-order valence-electron chi connectivity index (χ4n) is 2.18. The average molecular weight is 378 g/mol. The summed E-state index contributed by atoms with van der Waals surface area (Å²) in [5.41, 5.74) is 4.70. The minimum atomic E-state index is 0. The summed E-state index contributed by atoms with van der Waals surface area (Å²) in [5, 5.41) is 0. The van der Waals surface area contributed by atoms with Gasteiger partial charge in [0.2, 0.25) is 0 Å². The van der Waals surface area contributed by atoms with Gasteiger partial charge in [-0.1, -0.05) is 36.4 Å². The van der Waals surface area contributed by atoms with Crippen LogP contribution in [0.15, 0.2) is 42.5 Å². The predicted molar refractivity (Wildman–Crippen MR) is 85.7 cm³/mol. The number of hydrogen-bond acceptors (Lipinski definition) is 2. The summed E-state index contributed by atoms with van der Waals surface area (Å²) < 4.78 is 33.3. The normalized spacial score (nSPS) is 7.72. The molecule has 0 bridgehead atoms. The third-order valence-corrected chi connectivity index (χ3v) is 3.05. The molecule has 0 N–H and O–H groups in total. The number of rotatable bonds is 4. The van der Waals surface area contributed by atoms with Crippen LogP contribution in [0.2, 0.25) is 0 Å². The van der Waals surface area contributed by atoms with Gasteiger partial charge in [0.1, 0.15) is 5.75 Å². The minimum absolute atomic E-state index is 0. The van der Waals surface area contributed by atoms with E-state index in [2.05, 4.69) is 45.1 Å². The van der Waals surface area contributed by atoms with Crippen LogP contribution in [0.1, 0.15) is 11.1 Å². The van der Waals surface area contributed by atoms with Crippen LogP contribution < -0.4 is 4.74 Å². The second kappa shape index (κ2) is 18.3. The first-order valence-corrected chi connectivity index (χ1v) is 6.60. The van der Waals surface area contributed by atoms with E-state index in [1.54, 1.807) is 14.2 Å². The zero-order valence-electron chi connectivity index (χ0n) is 14.2. The van der Waals surface area contributed by atoms with Crippen LogP contribution in [0.4, 0.5) is 0 Å². The van der Waals surface area contributed by atoms with Gasteiger partial charge in [-0.2, -0.15) is 0 Å². The molecule has 0 unspecified atom stereocenters. The molecule has 0 atom stereocenters. The molecule has 130 valence electrons. The second-order valence-electron chi connectivity index (χ2n) is 4.24. The van der Waals surface area contributed by atoms with E-state index in [9.17, 15) is 0 Å². The molecule has 6 heteroatoms. The molecule has 0 aliphatic carbocycles. The van der Waals surface area contributed by atoms with Gasteiger partial charge in [-0.15, -0.1) is 0 Å². The topological polar surface area (TPSA) is 78.2 Å². The molecule has 0 saturated heterocycles. The number of ether oxygens (including phenoxy) is 2. The Morgan fingerprint density at radius 3 is 1.88 bits per heavy atom. The predicted octanol–water partition coefficient (Wildman–Crippen LogP) is 3.70. The van der Waals surface area contributed by atoms with Gasteiger partial charge in [-0.3, -0.25) is 0 Å². The van der Waals surface area contributed by atoms with Crippen molar-refractivity contribution in [2.45, 2.75) is 13.5 Å². The first kappa shape index (κ1) is 27.8. The molecule has 2 aromatic rings. The second-order valence-corrected chi connectivity index (χ2v) is 4.24. The molecule has 2 aromatic carbocycles. The molecule has 0 saturated carbocycles. The number of benzene rings is 2. The standard InChI is InChI=1S/C16H18O2.3CO.Cr/c1-12-7-4-5-9-14(12)16-13(11-17-2)8-6-10-15(16)18-3;3*1-2;/h4-10H,11H2,1-3H3;;;;. The first-order chi connectivity index (χ1) is 11.8. The molecule has 2 rings (SSSR count). The molecule has 0 fully saturated rings. The van der Waals surface area contributed by atoms with Crippen LogP contribution >= 0.6 is 0 Å². The van der Waals surface area contributed by atoms with Crippen molar-refractivity contribution >= 4 is 0 Å². The minimum Gasteiger partial charge on any atom is 0 e. The van der Waals surface area contributed by atoms with Crippen molar-refractivity contribution in [1.29, 1.82) is 0 Å². The Bertz CT molecular complexity index is 648. The summed E-state index contributed by atoms with van der Waals surface area (Å²) in [6, 6.07) is 14.4. The Morgan fingerprint density at radius 2 is 1.40 bits per heavy atom. The van der Waals surface area contributed by atoms with Gasteiger partial charge >= 0.3 is 33.9 Å². The zero-order chi connectivity index (χ0) is 19.0. The molecule has 5 nitrogen and oxygen atoms in total. The van der Waals surface area contributed by atoms with Crippen molar-refractivity contribution in [3.8, 4) is 16.9 Å². The Kier molecular flexibility index (Phi) is 20.3. The van der Waals surface area contributed by atoms with Crippen molar-refractivity contribution in [2.24, 2.45) is 0 Å². The summed E-state index contributed by atoms with van der Waals surface area (Å²) in [6.07, 6.45) is 0. The monoisotopic (exact) mass is 378 g/mol. The van der Waals surface area contributed by atoms with Crippen LogP contribution in [0.5, 0.6) is 5.75 Å². The van der Waals surface area contributed by atoms with Crippen LogP contribution in [0.25, 0.3) is 11.1 Å². The SMILES string of the molecule is COCc1cccc(OC)c1-c1ccccc1C.[C-]#[O+].[C-]#[O+].[C-]#[O+].[Cr]. The van der Waals surface area contributed by atoms with E-state index in [1.165, 1.54) is 11.1 Å². The van der Waals surface area contributed by atoms with Gasteiger partial charge in [0.15, 0.2) is 0 Å². The Hall–Kier alpha value is -2.05. The van der Waals surface area contributed by atoms with Gasteiger partial charge in [0.25, 0.3) is 0 Å². The van der Waals surface area contributed by atoms with Gasteiger partial charge in [0.05, 0.1) is 13.7 Å². The molecule has 0 radical (unpaired) electrons. The van der Waals surface area contributed by atoms with E-state index in [4.69, 9.17) is 23.4 Å². The van der Waals surface area contributed by atoms with Crippen LogP contribution in [-0.2, 0) is 42.7 Å². The fraction of sp³-hybridized carbons (Fsp3) is 0.211. The first-order valence-electron chi connectivity index (χ1n) is 6.60. The fourth-order valence-corrected chi connectivity index (χ4v) is 2.18. The molecule has 25 heavy (non-hydrogen) atoms. The van der Waals surface area contributed by atoms with Gasteiger partial charge in [-0.25, -0.2) is 0 Å². The van der Waals surface area contributed by atoms with E-state index >= 15 is 0 Å². The van der Waals surface area contributed by atoms with Gasteiger partial charge < -0.3 is 9.47 Å². The third-order valence-electron chi connectivity index (χ3n) is 3.05. The van der Waals surface area contributed by atoms with Crippen molar-refractivity contribution in [2.75, 3.05) is 14.2 Å². The number of hydrogen-bond donors (Lipinski definition) is 0. The number of methoxy groups -OCH3 is 2. The average Bonchev–Trinajstić information content (AvgIpc) is 2.67. The van der Waals surface area contributed by atoms with E-state index in [0.717, 1.165) is 16.9 Å². The Labute approximate surface area is 159 Å². The van der Waals surface area contributed by atoms with Crippen molar-refractivity contribution in [3.05, 3.63) is 73.5 Å². The summed E-state index contributed by atoms with van der Waals surface area (Å²) >= 11 is 0. The molecule has 0 amide bonds. The van der Waals surface area contributed by atoms with Gasteiger partial charge in [-0.05, 0) is 29.7 Å². The third kappa shape index (κ3) is 8.56. The van der Waals surface area contributed by atoms with Gasteiger partial charge in [0, 0.05) is 30.0 Å². The van der Waals surface area contributed by atoms with E-state index < -0.39 is 0 Å². The van der Waals surface area contributed by atoms with Crippen molar-refractivity contribution in [3.63, 3.8) is 0 Å². The molecule has 0 aromatic heterocycles. The summed E-state index contributed by atoms with van der Waals surface area (Å²) in [4.78, 5) is 0. The molecule has 0 aliphatic heterocycles. The number of aryl methyl sites for hydroxylation is 1. The maximum absolute atomic E-state index is 7.50. The van der Waals surface area contributed by atoms with Crippen LogP contribution in [0, 0.1) is 26.9 Å². The van der Waals surface area contributed by atoms with Crippen molar-refractivity contribution in [1.82, 2.24) is 0 Å². The maximum atomic E-state index is 7.50.